The van der Waals surface area contributed by atoms with Gasteiger partial charge in [-0.25, -0.2) is 0 Å². The Kier molecular flexibility index (Phi) is 3.72. The topological polar surface area (TPSA) is 32.9 Å². The predicted octanol–water partition coefficient (Wildman–Crippen LogP) is 4.79. The lowest BCUT2D eigenvalue weighted by Crippen LogP contribution is -2.12. The van der Waals surface area contributed by atoms with Crippen LogP contribution in [0, 0.1) is 0 Å². The van der Waals surface area contributed by atoms with Crippen LogP contribution < -0.4 is 5.43 Å². The number of aromatic nitrogens is 1. The number of H-pyrrole nitrogens is 1. The molecule has 2 heteroatoms. The van der Waals surface area contributed by atoms with Crippen molar-refractivity contribution in [2.45, 2.75) is 6.42 Å². The molecule has 1 heterocycles. The van der Waals surface area contributed by atoms with Crippen molar-refractivity contribution < 1.29 is 0 Å². The first kappa shape index (κ1) is 14.5. The summed E-state index contributed by atoms with van der Waals surface area (Å²) < 4.78 is 0. The van der Waals surface area contributed by atoms with E-state index in [0.717, 1.165) is 27.7 Å². The zero-order valence-corrected chi connectivity index (χ0v) is 13.2. The molecule has 0 aliphatic rings. The van der Waals surface area contributed by atoms with Gasteiger partial charge in [0.2, 0.25) is 0 Å². The Morgan fingerprint density at radius 1 is 0.708 bits per heavy atom. The molecule has 0 amide bonds. The van der Waals surface area contributed by atoms with E-state index >= 15 is 0 Å². The molecule has 1 N–H and O–H groups in total. The monoisotopic (exact) mass is 311 g/mol. The molecule has 0 saturated heterocycles. The molecule has 4 rings (SSSR count). The van der Waals surface area contributed by atoms with Gasteiger partial charge in [0.1, 0.15) is 0 Å². The Hall–Kier alpha value is -3.13. The minimum absolute atomic E-state index is 0.0847. The van der Waals surface area contributed by atoms with Gasteiger partial charge in [-0.3, -0.25) is 4.79 Å². The highest BCUT2D eigenvalue weighted by Crippen LogP contribution is 2.24. The summed E-state index contributed by atoms with van der Waals surface area (Å²) in [4.78, 5) is 16.6. The maximum absolute atomic E-state index is 13.1. The minimum Gasteiger partial charge on any atom is -0.357 e. The van der Waals surface area contributed by atoms with E-state index in [1.54, 1.807) is 0 Å². The standard InChI is InChI=1S/C22H17NO/c24-22-18-13-7-8-14-19(18)23-20(15-16-9-3-1-4-10-16)21(22)17-11-5-2-6-12-17/h1-14H,15H2,(H,23,24). The third-order valence-electron chi connectivity index (χ3n) is 4.27. The molecule has 24 heavy (non-hydrogen) atoms. The Labute approximate surface area is 140 Å². The summed E-state index contributed by atoms with van der Waals surface area (Å²) in [5.74, 6) is 0. The van der Waals surface area contributed by atoms with E-state index < -0.39 is 0 Å². The summed E-state index contributed by atoms with van der Waals surface area (Å²) in [6, 6.07) is 27.8. The second-order valence-corrected chi connectivity index (χ2v) is 5.88. The second kappa shape index (κ2) is 6.17. The predicted molar refractivity (Wildman–Crippen MR) is 99.3 cm³/mol. The van der Waals surface area contributed by atoms with Gasteiger partial charge in [-0.1, -0.05) is 72.8 Å². The summed E-state index contributed by atoms with van der Waals surface area (Å²) in [5, 5.41) is 0.730. The summed E-state index contributed by atoms with van der Waals surface area (Å²) >= 11 is 0. The van der Waals surface area contributed by atoms with Crippen LogP contribution in [0.4, 0.5) is 0 Å². The molecule has 0 aliphatic carbocycles. The fourth-order valence-electron chi connectivity index (χ4n) is 3.13. The van der Waals surface area contributed by atoms with Crippen molar-refractivity contribution in [1.29, 1.82) is 0 Å². The van der Waals surface area contributed by atoms with Gasteiger partial charge in [0.05, 0.1) is 0 Å². The number of hydrogen-bond donors (Lipinski definition) is 1. The molecule has 0 atom stereocenters. The number of hydrogen-bond acceptors (Lipinski definition) is 1. The van der Waals surface area contributed by atoms with Crippen molar-refractivity contribution in [2.24, 2.45) is 0 Å². The van der Waals surface area contributed by atoms with Crippen LogP contribution in [0.2, 0.25) is 0 Å². The maximum Gasteiger partial charge on any atom is 0.197 e. The van der Waals surface area contributed by atoms with Crippen LogP contribution in [0.3, 0.4) is 0 Å². The second-order valence-electron chi connectivity index (χ2n) is 5.88. The van der Waals surface area contributed by atoms with E-state index in [9.17, 15) is 4.79 Å². The van der Waals surface area contributed by atoms with Crippen LogP contribution >= 0.6 is 0 Å². The van der Waals surface area contributed by atoms with Crippen molar-refractivity contribution in [2.75, 3.05) is 0 Å². The van der Waals surface area contributed by atoms with Gasteiger partial charge >= 0.3 is 0 Å². The molecule has 0 unspecified atom stereocenters. The molecular formula is C22H17NO. The van der Waals surface area contributed by atoms with Crippen molar-refractivity contribution in [3.05, 3.63) is 106 Å². The Bertz CT molecular complexity index is 1030. The lowest BCUT2D eigenvalue weighted by atomic mass is 9.97. The molecular weight excluding hydrogens is 294 g/mol. The van der Waals surface area contributed by atoms with Crippen LogP contribution in [0.1, 0.15) is 11.3 Å². The number of rotatable bonds is 3. The van der Waals surface area contributed by atoms with Crippen molar-refractivity contribution in [3.8, 4) is 11.1 Å². The summed E-state index contributed by atoms with van der Waals surface area (Å²) in [5.41, 5.74) is 4.82. The van der Waals surface area contributed by atoms with Crippen LogP contribution in [0.5, 0.6) is 0 Å². The third-order valence-corrected chi connectivity index (χ3v) is 4.27. The van der Waals surface area contributed by atoms with Gasteiger partial charge < -0.3 is 4.98 Å². The van der Waals surface area contributed by atoms with Crippen molar-refractivity contribution in [3.63, 3.8) is 0 Å². The van der Waals surface area contributed by atoms with E-state index in [1.165, 1.54) is 5.56 Å². The highest BCUT2D eigenvalue weighted by molar-refractivity contribution is 5.84. The minimum atomic E-state index is 0.0847. The van der Waals surface area contributed by atoms with Gasteiger partial charge in [0.15, 0.2) is 5.43 Å². The van der Waals surface area contributed by atoms with Crippen LogP contribution in [0.15, 0.2) is 89.7 Å². The molecule has 0 spiro atoms. The lowest BCUT2D eigenvalue weighted by Gasteiger charge is -2.12. The highest BCUT2D eigenvalue weighted by atomic mass is 16.1. The van der Waals surface area contributed by atoms with Crippen LogP contribution in [-0.4, -0.2) is 4.98 Å². The average Bonchev–Trinajstić information content (AvgIpc) is 2.64. The molecule has 0 bridgehead atoms. The molecule has 0 radical (unpaired) electrons. The van der Waals surface area contributed by atoms with E-state index in [-0.39, 0.29) is 5.43 Å². The molecule has 0 aliphatic heterocycles. The molecule has 0 saturated carbocycles. The van der Waals surface area contributed by atoms with Gasteiger partial charge in [0, 0.05) is 28.6 Å². The van der Waals surface area contributed by atoms with E-state index in [1.807, 2.05) is 72.8 Å². The maximum atomic E-state index is 13.1. The Balaban J connectivity index is 1.98. The number of pyridine rings is 1. The van der Waals surface area contributed by atoms with E-state index in [2.05, 4.69) is 17.1 Å². The summed E-state index contributed by atoms with van der Waals surface area (Å²) in [6.07, 6.45) is 0.700. The van der Waals surface area contributed by atoms with Crippen molar-refractivity contribution >= 4 is 10.9 Å². The zero-order valence-electron chi connectivity index (χ0n) is 13.2. The molecule has 0 fully saturated rings. The molecule has 116 valence electrons. The number of nitrogens with one attached hydrogen (secondary N) is 1. The first-order valence-electron chi connectivity index (χ1n) is 8.06. The highest BCUT2D eigenvalue weighted by Gasteiger charge is 2.14. The SMILES string of the molecule is O=c1c(-c2ccccc2)c(Cc2ccccc2)[nH]c2ccccc12. The number of fused-ring (bicyclic) bond motifs is 1. The average molecular weight is 311 g/mol. The van der Waals surface area contributed by atoms with Crippen molar-refractivity contribution in [1.82, 2.24) is 4.98 Å². The van der Waals surface area contributed by atoms with Crippen LogP contribution in [0.25, 0.3) is 22.0 Å². The van der Waals surface area contributed by atoms with Gasteiger partial charge in [0.25, 0.3) is 0 Å². The van der Waals surface area contributed by atoms with Gasteiger partial charge in [-0.15, -0.1) is 0 Å². The van der Waals surface area contributed by atoms with Gasteiger partial charge in [-0.05, 0) is 23.3 Å². The van der Waals surface area contributed by atoms with E-state index in [4.69, 9.17) is 0 Å². The fourth-order valence-corrected chi connectivity index (χ4v) is 3.13. The third kappa shape index (κ3) is 2.63. The normalized spacial score (nSPS) is 10.8. The van der Waals surface area contributed by atoms with Crippen LogP contribution in [-0.2, 0) is 6.42 Å². The van der Waals surface area contributed by atoms with E-state index in [0.29, 0.717) is 6.42 Å². The summed E-state index contributed by atoms with van der Waals surface area (Å²) in [7, 11) is 0. The molecule has 2 nitrogen and oxygen atoms in total. The Morgan fingerprint density at radius 2 is 1.33 bits per heavy atom. The molecule has 3 aromatic carbocycles. The zero-order chi connectivity index (χ0) is 16.4. The number of benzene rings is 3. The van der Waals surface area contributed by atoms with Gasteiger partial charge in [-0.2, -0.15) is 0 Å². The Morgan fingerprint density at radius 3 is 2.08 bits per heavy atom. The number of para-hydroxylation sites is 1. The largest absolute Gasteiger partial charge is 0.357 e. The lowest BCUT2D eigenvalue weighted by molar-refractivity contribution is 1.10. The number of aromatic amines is 1. The first-order chi connectivity index (χ1) is 11.8. The molecule has 4 aromatic rings. The molecule has 1 aromatic heterocycles. The summed E-state index contributed by atoms with van der Waals surface area (Å²) in [6.45, 7) is 0. The quantitative estimate of drug-likeness (QED) is 0.580. The fraction of sp³-hybridized carbons (Fsp3) is 0.0455. The smallest absolute Gasteiger partial charge is 0.197 e. The first-order valence-corrected chi connectivity index (χ1v) is 8.06.